The first-order valence-corrected chi connectivity index (χ1v) is 3.94. The molecule has 0 saturated carbocycles. The molecule has 0 bridgehead atoms. The van der Waals surface area contributed by atoms with E-state index in [4.69, 9.17) is 0 Å². The van der Waals surface area contributed by atoms with E-state index in [2.05, 4.69) is 0 Å². The Hall–Kier alpha value is -1.20. The Balaban J connectivity index is 3.10. The highest BCUT2D eigenvalue weighted by molar-refractivity contribution is 5.38. The molecule has 0 amide bonds. The molecular weight excluding hydrogens is 222 g/mol. The molecule has 6 heteroatoms. The van der Waals surface area contributed by atoms with Crippen LogP contribution in [0.4, 0.5) is 26.3 Å². The molecule has 0 aliphatic heterocycles. The average Bonchev–Trinajstić information content (AvgIpc) is 2.24. The van der Waals surface area contributed by atoms with Gasteiger partial charge in [-0.15, -0.1) is 0 Å². The number of halogens is 6. The zero-order valence-electron chi connectivity index (χ0n) is 7.28. The lowest BCUT2D eigenvalue weighted by molar-refractivity contribution is -0.0933. The fourth-order valence-electron chi connectivity index (χ4n) is 1.04. The smallest absolute Gasteiger partial charge is 0.166 e. The Kier molecular flexibility index (Phi) is 2.97. The van der Waals surface area contributed by atoms with Crippen LogP contribution in [-0.2, 0) is 0 Å². The summed E-state index contributed by atoms with van der Waals surface area (Å²) in [6.45, 7) is 0. The molecule has 0 nitrogen and oxygen atoms in total. The number of allylic oxidation sites excluding steroid dienone is 6. The van der Waals surface area contributed by atoms with E-state index in [1.165, 1.54) is 0 Å². The first-order valence-electron chi connectivity index (χ1n) is 3.94. The minimum atomic E-state index is -4.76. The van der Waals surface area contributed by atoms with Crippen LogP contribution in [0.1, 0.15) is 6.42 Å². The second kappa shape index (κ2) is 3.75. The van der Waals surface area contributed by atoms with Crippen molar-refractivity contribution in [1.29, 1.82) is 0 Å². The third kappa shape index (κ3) is 3.14. The molecule has 0 heterocycles. The molecule has 0 saturated heterocycles. The third-order valence-electron chi connectivity index (χ3n) is 1.74. The fourth-order valence-corrected chi connectivity index (χ4v) is 1.04. The minimum Gasteiger partial charge on any atom is -0.166 e. The first kappa shape index (κ1) is 11.9. The SMILES string of the molecule is FC(F)(F)C1=CCC=CC(C(F)(F)F)=C1. The van der Waals surface area contributed by atoms with Gasteiger partial charge >= 0.3 is 12.4 Å². The Morgan fingerprint density at radius 3 is 1.87 bits per heavy atom. The maximum absolute atomic E-state index is 12.2. The van der Waals surface area contributed by atoms with E-state index in [1.807, 2.05) is 0 Å². The quantitative estimate of drug-likeness (QED) is 0.551. The summed E-state index contributed by atoms with van der Waals surface area (Å²) in [5.41, 5.74) is -2.55. The molecule has 0 aromatic heterocycles. The molecule has 0 aromatic rings. The number of hydrogen-bond donors (Lipinski definition) is 0. The van der Waals surface area contributed by atoms with Crippen LogP contribution in [0, 0.1) is 0 Å². The van der Waals surface area contributed by atoms with Crippen molar-refractivity contribution in [2.45, 2.75) is 18.8 Å². The van der Waals surface area contributed by atoms with Crippen molar-refractivity contribution in [1.82, 2.24) is 0 Å². The Labute approximate surface area is 81.6 Å². The van der Waals surface area contributed by atoms with Crippen LogP contribution in [0.15, 0.2) is 35.5 Å². The van der Waals surface area contributed by atoms with Gasteiger partial charge in [0.05, 0.1) is 11.1 Å². The van der Waals surface area contributed by atoms with Crippen LogP contribution in [0.2, 0.25) is 0 Å². The molecule has 0 aromatic carbocycles. The number of alkyl halides is 6. The second-order valence-electron chi connectivity index (χ2n) is 2.89. The summed E-state index contributed by atoms with van der Waals surface area (Å²) in [7, 11) is 0. The third-order valence-corrected chi connectivity index (χ3v) is 1.74. The van der Waals surface area contributed by atoms with E-state index in [0.717, 1.165) is 12.2 Å². The van der Waals surface area contributed by atoms with Gasteiger partial charge in [0, 0.05) is 0 Å². The minimum absolute atomic E-state index is 0.115. The van der Waals surface area contributed by atoms with Crippen molar-refractivity contribution < 1.29 is 26.3 Å². The first-order chi connectivity index (χ1) is 6.71. The highest BCUT2D eigenvalue weighted by atomic mass is 19.4. The Morgan fingerprint density at radius 1 is 0.867 bits per heavy atom. The van der Waals surface area contributed by atoms with Gasteiger partial charge in [-0.2, -0.15) is 26.3 Å². The standard InChI is InChI=1S/C9H6F6/c10-8(11,12)6-3-1-2-4-7(5-6)9(13,14)15/h1,3-5H,2H2. The summed E-state index contributed by atoms with van der Waals surface area (Å²) in [5, 5.41) is 0. The Morgan fingerprint density at radius 2 is 1.40 bits per heavy atom. The van der Waals surface area contributed by atoms with E-state index >= 15 is 0 Å². The van der Waals surface area contributed by atoms with Gasteiger partial charge in [0.2, 0.25) is 0 Å². The van der Waals surface area contributed by atoms with Crippen LogP contribution in [-0.4, -0.2) is 12.4 Å². The molecule has 1 aliphatic carbocycles. The van der Waals surface area contributed by atoms with Crippen molar-refractivity contribution in [3.05, 3.63) is 35.5 Å². The molecule has 84 valence electrons. The van der Waals surface area contributed by atoms with Gasteiger partial charge in [-0.1, -0.05) is 18.2 Å². The van der Waals surface area contributed by atoms with Gasteiger partial charge in [-0.05, 0) is 12.5 Å². The molecule has 0 unspecified atom stereocenters. The largest absolute Gasteiger partial charge is 0.416 e. The van der Waals surface area contributed by atoms with E-state index in [1.54, 1.807) is 0 Å². The van der Waals surface area contributed by atoms with Crippen molar-refractivity contribution in [2.75, 3.05) is 0 Å². The normalized spacial score (nSPS) is 18.3. The van der Waals surface area contributed by atoms with Crippen LogP contribution < -0.4 is 0 Å². The average molecular weight is 228 g/mol. The lowest BCUT2D eigenvalue weighted by Gasteiger charge is -2.10. The number of hydrogen-bond acceptors (Lipinski definition) is 0. The van der Waals surface area contributed by atoms with Crippen LogP contribution in [0.25, 0.3) is 0 Å². The second-order valence-corrected chi connectivity index (χ2v) is 2.89. The van der Waals surface area contributed by atoms with Crippen LogP contribution >= 0.6 is 0 Å². The molecule has 0 N–H and O–H groups in total. The van der Waals surface area contributed by atoms with Crippen molar-refractivity contribution >= 4 is 0 Å². The molecule has 1 aliphatic rings. The highest BCUT2D eigenvalue weighted by Crippen LogP contribution is 2.34. The lowest BCUT2D eigenvalue weighted by Crippen LogP contribution is -2.14. The molecule has 1 rings (SSSR count). The molecular formula is C9H6F6. The van der Waals surface area contributed by atoms with Crippen LogP contribution in [0.3, 0.4) is 0 Å². The Bertz CT molecular complexity index is 325. The van der Waals surface area contributed by atoms with E-state index in [9.17, 15) is 26.3 Å². The molecule has 0 radical (unpaired) electrons. The predicted octanol–water partition coefficient (Wildman–Crippen LogP) is 3.92. The van der Waals surface area contributed by atoms with Crippen molar-refractivity contribution in [3.63, 3.8) is 0 Å². The van der Waals surface area contributed by atoms with Crippen molar-refractivity contribution in [2.24, 2.45) is 0 Å². The maximum Gasteiger partial charge on any atom is 0.416 e. The fraction of sp³-hybridized carbons (Fsp3) is 0.333. The molecule has 0 spiro atoms. The zero-order valence-corrected chi connectivity index (χ0v) is 7.28. The summed E-state index contributed by atoms with van der Waals surface area (Å²) in [6.07, 6.45) is -7.15. The van der Waals surface area contributed by atoms with Crippen molar-refractivity contribution in [3.8, 4) is 0 Å². The number of rotatable bonds is 0. The predicted molar refractivity (Wildman–Crippen MR) is 42.0 cm³/mol. The lowest BCUT2D eigenvalue weighted by atomic mass is 10.1. The summed E-state index contributed by atoms with van der Waals surface area (Å²) < 4.78 is 73.0. The van der Waals surface area contributed by atoms with Gasteiger partial charge in [0.25, 0.3) is 0 Å². The zero-order chi connectivity index (χ0) is 11.7. The van der Waals surface area contributed by atoms with Gasteiger partial charge in [-0.3, -0.25) is 0 Å². The van der Waals surface area contributed by atoms with Gasteiger partial charge in [0.1, 0.15) is 0 Å². The van der Waals surface area contributed by atoms with Gasteiger partial charge in [-0.25, -0.2) is 0 Å². The van der Waals surface area contributed by atoms with Gasteiger partial charge < -0.3 is 0 Å². The van der Waals surface area contributed by atoms with E-state index < -0.39 is 23.5 Å². The summed E-state index contributed by atoms with van der Waals surface area (Å²) in [4.78, 5) is 0. The highest BCUT2D eigenvalue weighted by Gasteiger charge is 2.37. The van der Waals surface area contributed by atoms with E-state index in [0.29, 0.717) is 6.08 Å². The summed E-state index contributed by atoms with van der Waals surface area (Å²) in [6, 6.07) is 0. The van der Waals surface area contributed by atoms with E-state index in [-0.39, 0.29) is 12.5 Å². The monoisotopic (exact) mass is 228 g/mol. The topological polar surface area (TPSA) is 0 Å². The summed E-state index contributed by atoms with van der Waals surface area (Å²) in [5.74, 6) is 0. The summed E-state index contributed by atoms with van der Waals surface area (Å²) >= 11 is 0. The maximum atomic E-state index is 12.2. The molecule has 0 fully saturated rings. The van der Waals surface area contributed by atoms with Gasteiger partial charge in [0.15, 0.2) is 0 Å². The molecule has 15 heavy (non-hydrogen) atoms. The molecule has 0 atom stereocenters. The van der Waals surface area contributed by atoms with Crippen LogP contribution in [0.5, 0.6) is 0 Å².